The molecule has 0 spiro atoms. The van der Waals surface area contributed by atoms with Gasteiger partial charge >= 0.3 is 0 Å². The van der Waals surface area contributed by atoms with Crippen molar-refractivity contribution in [1.29, 1.82) is 0 Å². The molecule has 0 radical (unpaired) electrons. The Morgan fingerprint density at radius 1 is 1.42 bits per heavy atom. The molecule has 0 saturated heterocycles. The maximum Gasteiger partial charge on any atom is 0.265 e. The van der Waals surface area contributed by atoms with E-state index in [2.05, 4.69) is 41.7 Å². The Morgan fingerprint density at radius 3 is 2.79 bits per heavy atom. The lowest BCUT2D eigenvalue weighted by molar-refractivity contribution is 0.334. The number of halogens is 1. The Morgan fingerprint density at radius 2 is 2.16 bits per heavy atom. The van der Waals surface area contributed by atoms with Gasteiger partial charge in [0, 0.05) is 5.92 Å². The summed E-state index contributed by atoms with van der Waals surface area (Å²) in [6.07, 6.45) is 5.68. The molecular formula is C15H23BrN2O. The first-order valence-corrected chi connectivity index (χ1v) is 8.05. The third-order valence-corrected chi connectivity index (χ3v) is 4.69. The van der Waals surface area contributed by atoms with Crippen LogP contribution in [0.4, 0.5) is 0 Å². The van der Waals surface area contributed by atoms with Crippen LogP contribution in [0, 0.1) is 11.8 Å². The van der Waals surface area contributed by atoms with Crippen LogP contribution in [0.5, 0.6) is 0 Å². The van der Waals surface area contributed by atoms with E-state index in [0.717, 1.165) is 36.7 Å². The molecule has 1 aromatic heterocycles. The minimum absolute atomic E-state index is 0.0288. The van der Waals surface area contributed by atoms with Crippen molar-refractivity contribution >= 4 is 15.9 Å². The van der Waals surface area contributed by atoms with Gasteiger partial charge in [-0.3, -0.25) is 4.79 Å². The van der Waals surface area contributed by atoms with Gasteiger partial charge in [0.2, 0.25) is 0 Å². The minimum Gasteiger partial charge on any atom is -0.309 e. The predicted molar refractivity (Wildman–Crippen MR) is 81.5 cm³/mol. The highest BCUT2D eigenvalue weighted by Gasteiger charge is 2.23. The van der Waals surface area contributed by atoms with Gasteiger partial charge in [-0.1, -0.05) is 33.6 Å². The topological polar surface area (TPSA) is 45.8 Å². The zero-order valence-electron chi connectivity index (χ0n) is 12.0. The van der Waals surface area contributed by atoms with Crippen LogP contribution in [0.3, 0.4) is 0 Å². The molecule has 0 aromatic carbocycles. The molecule has 1 fully saturated rings. The van der Waals surface area contributed by atoms with Gasteiger partial charge in [-0.15, -0.1) is 0 Å². The van der Waals surface area contributed by atoms with Gasteiger partial charge in [0.25, 0.3) is 5.56 Å². The Kier molecular flexibility index (Phi) is 4.82. The summed E-state index contributed by atoms with van der Waals surface area (Å²) in [7, 11) is 0. The highest BCUT2D eigenvalue weighted by atomic mass is 79.9. The summed E-state index contributed by atoms with van der Waals surface area (Å²) in [6, 6.07) is 0. The zero-order chi connectivity index (χ0) is 14.0. The second-order valence-corrected chi connectivity index (χ2v) is 7.07. The van der Waals surface area contributed by atoms with E-state index in [0.29, 0.717) is 16.3 Å². The van der Waals surface area contributed by atoms with Crippen LogP contribution in [0.25, 0.3) is 0 Å². The Bertz CT molecular complexity index is 495. The van der Waals surface area contributed by atoms with E-state index in [-0.39, 0.29) is 5.56 Å². The van der Waals surface area contributed by atoms with Gasteiger partial charge in [-0.05, 0) is 47.0 Å². The first kappa shape index (κ1) is 14.8. The molecule has 0 aliphatic heterocycles. The number of H-pyrrole nitrogens is 1. The molecule has 1 N–H and O–H groups in total. The second kappa shape index (κ2) is 6.21. The summed E-state index contributed by atoms with van der Waals surface area (Å²) in [5, 5.41) is 0. The van der Waals surface area contributed by atoms with Crippen molar-refractivity contribution in [2.75, 3.05) is 0 Å². The van der Waals surface area contributed by atoms with Crippen LogP contribution in [0.2, 0.25) is 0 Å². The Labute approximate surface area is 123 Å². The van der Waals surface area contributed by atoms with Gasteiger partial charge < -0.3 is 4.98 Å². The smallest absolute Gasteiger partial charge is 0.265 e. The Hall–Kier alpha value is -0.640. The molecule has 106 valence electrons. The number of aromatic amines is 1. The van der Waals surface area contributed by atoms with Gasteiger partial charge in [-0.25, -0.2) is 4.98 Å². The van der Waals surface area contributed by atoms with E-state index < -0.39 is 0 Å². The van der Waals surface area contributed by atoms with Crippen molar-refractivity contribution in [3.05, 3.63) is 26.3 Å². The monoisotopic (exact) mass is 326 g/mol. The fraction of sp³-hybridized carbons (Fsp3) is 0.733. The van der Waals surface area contributed by atoms with Crippen LogP contribution >= 0.6 is 15.9 Å². The van der Waals surface area contributed by atoms with E-state index >= 15 is 0 Å². The molecule has 1 aliphatic carbocycles. The minimum atomic E-state index is -0.0288. The summed E-state index contributed by atoms with van der Waals surface area (Å²) >= 11 is 3.37. The van der Waals surface area contributed by atoms with Gasteiger partial charge in [0.05, 0.1) is 5.69 Å². The van der Waals surface area contributed by atoms with Gasteiger partial charge in [0.1, 0.15) is 10.3 Å². The molecule has 2 rings (SSSR count). The lowest BCUT2D eigenvalue weighted by Gasteiger charge is -2.26. The predicted octanol–water partition coefficient (Wildman–Crippen LogP) is 4.02. The first-order valence-electron chi connectivity index (χ1n) is 7.26. The molecule has 2 atom stereocenters. The van der Waals surface area contributed by atoms with Crippen LogP contribution in [-0.2, 0) is 6.42 Å². The molecule has 1 aromatic rings. The lowest BCUT2D eigenvalue weighted by Crippen LogP contribution is -2.21. The Balaban J connectivity index is 2.30. The highest BCUT2D eigenvalue weighted by molar-refractivity contribution is 9.10. The van der Waals surface area contributed by atoms with Crippen LogP contribution < -0.4 is 5.56 Å². The largest absolute Gasteiger partial charge is 0.309 e. The SMILES string of the molecule is CC(C)Cc1nc(C2CCCC(C)C2)[nH]c(=O)c1Br. The molecule has 0 bridgehead atoms. The zero-order valence-corrected chi connectivity index (χ0v) is 13.6. The van der Waals surface area contributed by atoms with Crippen LogP contribution in [-0.4, -0.2) is 9.97 Å². The highest BCUT2D eigenvalue weighted by Crippen LogP contribution is 2.34. The third-order valence-electron chi connectivity index (χ3n) is 3.87. The summed E-state index contributed by atoms with van der Waals surface area (Å²) in [6.45, 7) is 6.59. The number of nitrogens with one attached hydrogen (secondary N) is 1. The quantitative estimate of drug-likeness (QED) is 0.911. The number of nitrogens with zero attached hydrogens (tertiary/aromatic N) is 1. The van der Waals surface area contributed by atoms with Crippen molar-refractivity contribution in [2.24, 2.45) is 11.8 Å². The standard InChI is InChI=1S/C15H23BrN2O/c1-9(2)7-12-13(16)15(19)18-14(17-12)11-6-4-5-10(3)8-11/h9-11H,4-8H2,1-3H3,(H,17,18,19). The van der Waals surface area contributed by atoms with E-state index in [1.54, 1.807) is 0 Å². The van der Waals surface area contributed by atoms with Crippen LogP contribution in [0.15, 0.2) is 9.27 Å². The molecule has 4 heteroatoms. The average molecular weight is 327 g/mol. The molecule has 0 amide bonds. The molecule has 1 saturated carbocycles. The fourth-order valence-electron chi connectivity index (χ4n) is 2.92. The number of hydrogen-bond acceptors (Lipinski definition) is 2. The van der Waals surface area contributed by atoms with E-state index in [1.807, 2.05) is 0 Å². The summed E-state index contributed by atoms with van der Waals surface area (Å²) in [5.41, 5.74) is 0.880. The molecule has 2 unspecified atom stereocenters. The maximum atomic E-state index is 12.0. The normalized spacial score (nSPS) is 23.8. The molecule has 19 heavy (non-hydrogen) atoms. The first-order chi connectivity index (χ1) is 8.97. The third kappa shape index (κ3) is 3.68. The summed E-state index contributed by atoms with van der Waals surface area (Å²) in [5.74, 6) is 2.57. The second-order valence-electron chi connectivity index (χ2n) is 6.28. The molecular weight excluding hydrogens is 304 g/mol. The number of aromatic nitrogens is 2. The maximum absolute atomic E-state index is 12.0. The molecule has 1 heterocycles. The molecule has 1 aliphatic rings. The molecule has 3 nitrogen and oxygen atoms in total. The van der Waals surface area contributed by atoms with E-state index in [1.165, 1.54) is 12.8 Å². The van der Waals surface area contributed by atoms with Crippen molar-refractivity contribution in [1.82, 2.24) is 9.97 Å². The van der Waals surface area contributed by atoms with E-state index in [9.17, 15) is 4.79 Å². The summed E-state index contributed by atoms with van der Waals surface area (Å²) < 4.78 is 0.605. The van der Waals surface area contributed by atoms with Gasteiger partial charge in [-0.2, -0.15) is 0 Å². The van der Waals surface area contributed by atoms with Crippen LogP contribution in [0.1, 0.15) is 63.9 Å². The van der Waals surface area contributed by atoms with Crippen molar-refractivity contribution in [3.8, 4) is 0 Å². The van der Waals surface area contributed by atoms with E-state index in [4.69, 9.17) is 4.98 Å². The fourth-order valence-corrected chi connectivity index (χ4v) is 3.27. The van der Waals surface area contributed by atoms with Crippen molar-refractivity contribution in [3.63, 3.8) is 0 Å². The van der Waals surface area contributed by atoms with Crippen molar-refractivity contribution in [2.45, 2.75) is 58.8 Å². The van der Waals surface area contributed by atoms with Gasteiger partial charge in [0.15, 0.2) is 0 Å². The summed E-state index contributed by atoms with van der Waals surface area (Å²) in [4.78, 5) is 19.7. The number of rotatable bonds is 3. The number of hydrogen-bond donors (Lipinski definition) is 1. The average Bonchev–Trinajstić information content (AvgIpc) is 2.34. The van der Waals surface area contributed by atoms with Crippen molar-refractivity contribution < 1.29 is 0 Å². The lowest BCUT2D eigenvalue weighted by atomic mass is 9.82.